The van der Waals surface area contributed by atoms with Crippen LogP contribution in [0, 0.1) is 24.7 Å². The highest BCUT2D eigenvalue weighted by molar-refractivity contribution is 5.78. The van der Waals surface area contributed by atoms with E-state index in [4.69, 9.17) is 0 Å². The number of hydrogen-bond acceptors (Lipinski definition) is 2. The molecule has 1 aromatic carbocycles. The van der Waals surface area contributed by atoms with Crippen LogP contribution >= 0.6 is 0 Å². The molecule has 4 heteroatoms. The number of aryl methyl sites for hydroxylation is 3. The molecule has 166 valence electrons. The summed E-state index contributed by atoms with van der Waals surface area (Å²) in [6.45, 7) is 4.39. The normalized spacial score (nSPS) is 18.2. The molecule has 4 nitrogen and oxygen atoms in total. The average molecular weight is 415 g/mol. The molecular formula is C26H38O4. The lowest BCUT2D eigenvalue weighted by atomic mass is 9.92. The Morgan fingerprint density at radius 3 is 1.80 bits per heavy atom. The number of aliphatic carboxylic acids is 2. The maximum atomic E-state index is 11.3. The summed E-state index contributed by atoms with van der Waals surface area (Å²) >= 11 is 0. The summed E-state index contributed by atoms with van der Waals surface area (Å²) in [5.74, 6) is -1.20. The van der Waals surface area contributed by atoms with Crippen LogP contribution in [0.5, 0.6) is 0 Å². The van der Waals surface area contributed by atoms with Crippen molar-refractivity contribution in [2.24, 2.45) is 10.8 Å². The molecule has 2 aliphatic carbocycles. The molecule has 0 heterocycles. The van der Waals surface area contributed by atoms with Crippen molar-refractivity contribution in [3.63, 3.8) is 0 Å². The van der Waals surface area contributed by atoms with Gasteiger partial charge in [-0.05, 0) is 100 Å². The SMILES string of the molecule is Cc1cc(CCCCCCC2(C(=O)O)CC2)cc(CCCCC2(C(=O)O)CC2)c1C. The maximum Gasteiger partial charge on any atom is 0.309 e. The van der Waals surface area contributed by atoms with Gasteiger partial charge < -0.3 is 10.2 Å². The first-order valence-corrected chi connectivity index (χ1v) is 11.8. The van der Waals surface area contributed by atoms with Crippen molar-refractivity contribution in [3.8, 4) is 0 Å². The molecule has 0 unspecified atom stereocenters. The smallest absolute Gasteiger partial charge is 0.309 e. The van der Waals surface area contributed by atoms with Crippen LogP contribution in [0.25, 0.3) is 0 Å². The lowest BCUT2D eigenvalue weighted by molar-refractivity contribution is -0.144. The molecule has 2 saturated carbocycles. The first-order valence-electron chi connectivity index (χ1n) is 11.8. The average Bonchev–Trinajstić information content (AvgIpc) is 3.60. The van der Waals surface area contributed by atoms with Crippen LogP contribution in [-0.4, -0.2) is 22.2 Å². The van der Waals surface area contributed by atoms with Crippen LogP contribution < -0.4 is 0 Å². The van der Waals surface area contributed by atoms with E-state index in [1.165, 1.54) is 22.3 Å². The predicted octanol–water partition coefficient (Wildman–Crippen LogP) is 6.24. The van der Waals surface area contributed by atoms with E-state index in [-0.39, 0.29) is 5.41 Å². The Hall–Kier alpha value is -1.84. The van der Waals surface area contributed by atoms with Crippen LogP contribution in [-0.2, 0) is 22.4 Å². The monoisotopic (exact) mass is 414 g/mol. The van der Waals surface area contributed by atoms with Gasteiger partial charge in [-0.2, -0.15) is 0 Å². The molecule has 0 radical (unpaired) electrons. The van der Waals surface area contributed by atoms with Gasteiger partial charge in [-0.15, -0.1) is 0 Å². The third kappa shape index (κ3) is 5.65. The van der Waals surface area contributed by atoms with Gasteiger partial charge in [0.2, 0.25) is 0 Å². The second-order valence-electron chi connectivity index (χ2n) is 9.99. The molecule has 0 saturated heterocycles. The van der Waals surface area contributed by atoms with Gasteiger partial charge in [0.1, 0.15) is 0 Å². The van der Waals surface area contributed by atoms with Gasteiger partial charge in [-0.1, -0.05) is 37.8 Å². The first kappa shape index (κ1) is 22.8. The van der Waals surface area contributed by atoms with Crippen LogP contribution in [0.3, 0.4) is 0 Å². The molecule has 0 spiro atoms. The second-order valence-corrected chi connectivity index (χ2v) is 9.99. The first-order chi connectivity index (χ1) is 14.3. The van der Waals surface area contributed by atoms with E-state index in [0.29, 0.717) is 0 Å². The molecule has 0 aliphatic heterocycles. The molecule has 0 bridgehead atoms. The van der Waals surface area contributed by atoms with Gasteiger partial charge in [-0.3, -0.25) is 9.59 Å². The Balaban J connectivity index is 1.38. The summed E-state index contributed by atoms with van der Waals surface area (Å²) < 4.78 is 0. The third-order valence-corrected chi connectivity index (χ3v) is 7.67. The van der Waals surface area contributed by atoms with Gasteiger partial charge in [0.25, 0.3) is 0 Å². The number of rotatable bonds is 14. The Morgan fingerprint density at radius 2 is 1.27 bits per heavy atom. The Bertz CT molecular complexity index is 771. The molecule has 0 aromatic heterocycles. The molecule has 1 aromatic rings. The highest BCUT2D eigenvalue weighted by Gasteiger charge is 2.49. The van der Waals surface area contributed by atoms with Crippen LogP contribution in [0.4, 0.5) is 0 Å². The Labute approximate surface area is 181 Å². The van der Waals surface area contributed by atoms with Crippen LogP contribution in [0.1, 0.15) is 99.3 Å². The summed E-state index contributed by atoms with van der Waals surface area (Å²) in [6, 6.07) is 4.67. The molecule has 0 amide bonds. The Kier molecular flexibility index (Phi) is 7.26. The van der Waals surface area contributed by atoms with Crippen molar-refractivity contribution < 1.29 is 19.8 Å². The predicted molar refractivity (Wildman–Crippen MR) is 119 cm³/mol. The van der Waals surface area contributed by atoms with Crippen molar-refractivity contribution in [2.45, 2.75) is 104 Å². The quantitative estimate of drug-likeness (QED) is 0.353. The highest BCUT2D eigenvalue weighted by atomic mass is 16.4. The topological polar surface area (TPSA) is 74.6 Å². The van der Waals surface area contributed by atoms with Gasteiger partial charge in [-0.25, -0.2) is 0 Å². The minimum absolute atomic E-state index is 0.368. The maximum absolute atomic E-state index is 11.3. The largest absolute Gasteiger partial charge is 0.481 e. The molecule has 2 fully saturated rings. The zero-order chi connectivity index (χ0) is 21.8. The standard InChI is InChI=1S/C26H38O4/c1-19-17-21(9-5-3-4-7-11-25(13-14-25)23(27)28)18-22(20(19)2)10-6-8-12-26(15-16-26)24(29)30/h17-18H,3-16H2,1-2H3,(H,27,28)(H,29,30). The molecule has 3 rings (SSSR count). The number of carbonyl (C=O) groups is 2. The van der Waals surface area contributed by atoms with Crippen molar-refractivity contribution in [1.82, 2.24) is 0 Å². The van der Waals surface area contributed by atoms with E-state index < -0.39 is 17.4 Å². The summed E-state index contributed by atoms with van der Waals surface area (Å²) in [5, 5.41) is 18.6. The lowest BCUT2D eigenvalue weighted by Gasteiger charge is -2.14. The highest BCUT2D eigenvalue weighted by Crippen LogP contribution is 2.50. The molecule has 2 aliphatic rings. The number of unbranched alkanes of at least 4 members (excludes halogenated alkanes) is 4. The minimum Gasteiger partial charge on any atom is -0.481 e. The number of hydrogen-bond donors (Lipinski definition) is 2. The van der Waals surface area contributed by atoms with Crippen molar-refractivity contribution in [3.05, 3.63) is 34.4 Å². The summed E-state index contributed by atoms with van der Waals surface area (Å²) in [7, 11) is 0. The van der Waals surface area contributed by atoms with Gasteiger partial charge in [0.15, 0.2) is 0 Å². The molecule has 2 N–H and O–H groups in total. The van der Waals surface area contributed by atoms with Gasteiger partial charge in [0.05, 0.1) is 10.8 Å². The zero-order valence-electron chi connectivity index (χ0n) is 18.8. The minimum atomic E-state index is -0.605. The van der Waals surface area contributed by atoms with E-state index in [0.717, 1.165) is 89.9 Å². The lowest BCUT2D eigenvalue weighted by Crippen LogP contribution is -2.14. The molecule has 30 heavy (non-hydrogen) atoms. The van der Waals surface area contributed by atoms with Crippen molar-refractivity contribution in [1.29, 1.82) is 0 Å². The van der Waals surface area contributed by atoms with Crippen LogP contribution in [0.15, 0.2) is 12.1 Å². The number of carboxylic acid groups (broad SMARTS) is 2. The third-order valence-electron chi connectivity index (χ3n) is 7.67. The fourth-order valence-corrected chi connectivity index (χ4v) is 4.79. The van der Waals surface area contributed by atoms with E-state index in [1.54, 1.807) is 0 Å². The summed E-state index contributed by atoms with van der Waals surface area (Å²) in [6.07, 6.45) is 13.8. The van der Waals surface area contributed by atoms with E-state index in [2.05, 4.69) is 26.0 Å². The Morgan fingerprint density at radius 1 is 0.767 bits per heavy atom. The fraction of sp³-hybridized carbons (Fsp3) is 0.692. The number of benzene rings is 1. The second kappa shape index (κ2) is 9.53. The van der Waals surface area contributed by atoms with Crippen LogP contribution in [0.2, 0.25) is 0 Å². The van der Waals surface area contributed by atoms with Crippen molar-refractivity contribution >= 4 is 11.9 Å². The van der Waals surface area contributed by atoms with Gasteiger partial charge >= 0.3 is 11.9 Å². The van der Waals surface area contributed by atoms with E-state index in [9.17, 15) is 19.8 Å². The zero-order valence-corrected chi connectivity index (χ0v) is 18.8. The summed E-state index contributed by atoms with van der Waals surface area (Å²) in [5.41, 5.74) is 4.79. The molecular weight excluding hydrogens is 376 g/mol. The van der Waals surface area contributed by atoms with E-state index in [1.807, 2.05) is 0 Å². The summed E-state index contributed by atoms with van der Waals surface area (Å²) in [4.78, 5) is 22.5. The van der Waals surface area contributed by atoms with E-state index >= 15 is 0 Å². The number of carboxylic acids is 2. The fourth-order valence-electron chi connectivity index (χ4n) is 4.79. The van der Waals surface area contributed by atoms with Gasteiger partial charge in [0, 0.05) is 0 Å². The molecule has 0 atom stereocenters. The van der Waals surface area contributed by atoms with Crippen molar-refractivity contribution in [2.75, 3.05) is 0 Å².